The highest BCUT2D eigenvalue weighted by Crippen LogP contribution is 2.10. The number of carbonyl (C=O) groups excluding carboxylic acids is 1. The number of nitrogens with zero attached hydrogens (tertiary/aromatic N) is 3. The van der Waals surface area contributed by atoms with Crippen LogP contribution < -0.4 is 5.32 Å². The van der Waals surface area contributed by atoms with Crippen LogP contribution in [-0.4, -0.2) is 60.0 Å². The summed E-state index contributed by atoms with van der Waals surface area (Å²) in [6.07, 6.45) is 0. The Morgan fingerprint density at radius 1 is 1.31 bits per heavy atom. The standard InChI is InChI=1S/C19H21ClN4O2/c1-23-17(6-5-15-3-2-4-16(20)13-15)14-18(22-23)19(25)21-7-8-24-9-11-26-12-10-24/h2-4,13-14H,7-12H2,1H3,(H,21,25). The van der Waals surface area contributed by atoms with Gasteiger partial charge < -0.3 is 10.1 Å². The van der Waals surface area contributed by atoms with Gasteiger partial charge in [0, 0.05) is 49.9 Å². The summed E-state index contributed by atoms with van der Waals surface area (Å²) in [5, 5.41) is 7.79. The molecule has 0 radical (unpaired) electrons. The van der Waals surface area contributed by atoms with Crippen molar-refractivity contribution in [3.63, 3.8) is 0 Å². The van der Waals surface area contributed by atoms with E-state index in [-0.39, 0.29) is 5.91 Å². The van der Waals surface area contributed by atoms with Gasteiger partial charge in [0.05, 0.1) is 13.2 Å². The van der Waals surface area contributed by atoms with Crippen molar-refractivity contribution in [1.82, 2.24) is 20.0 Å². The van der Waals surface area contributed by atoms with Crippen LogP contribution in [0.5, 0.6) is 0 Å². The largest absolute Gasteiger partial charge is 0.379 e. The summed E-state index contributed by atoms with van der Waals surface area (Å²) in [4.78, 5) is 14.5. The average Bonchev–Trinajstić information content (AvgIpc) is 3.02. The number of hydrogen-bond donors (Lipinski definition) is 1. The van der Waals surface area contributed by atoms with Crippen molar-refractivity contribution in [1.29, 1.82) is 0 Å². The molecule has 7 heteroatoms. The van der Waals surface area contributed by atoms with E-state index >= 15 is 0 Å². The molecule has 0 saturated carbocycles. The number of hydrogen-bond acceptors (Lipinski definition) is 4. The molecule has 6 nitrogen and oxygen atoms in total. The number of benzene rings is 1. The lowest BCUT2D eigenvalue weighted by atomic mass is 10.2. The summed E-state index contributed by atoms with van der Waals surface area (Å²) in [6, 6.07) is 9.03. The first kappa shape index (κ1) is 18.5. The summed E-state index contributed by atoms with van der Waals surface area (Å²) in [6.45, 7) is 4.71. The molecule has 1 fully saturated rings. The molecule has 1 aromatic heterocycles. The Bertz CT molecular complexity index is 832. The van der Waals surface area contributed by atoms with E-state index in [4.69, 9.17) is 16.3 Å². The van der Waals surface area contributed by atoms with Gasteiger partial charge in [0.15, 0.2) is 5.69 Å². The van der Waals surface area contributed by atoms with Crippen molar-refractivity contribution in [2.75, 3.05) is 39.4 Å². The Balaban J connectivity index is 1.57. The number of ether oxygens (including phenoxy) is 1. The first-order valence-corrected chi connectivity index (χ1v) is 8.89. The van der Waals surface area contributed by atoms with Crippen LogP contribution in [0.15, 0.2) is 30.3 Å². The molecule has 1 amide bonds. The number of halogens is 1. The third-order valence-corrected chi connectivity index (χ3v) is 4.32. The highest BCUT2D eigenvalue weighted by atomic mass is 35.5. The van der Waals surface area contributed by atoms with Gasteiger partial charge >= 0.3 is 0 Å². The second kappa shape index (κ2) is 8.86. The molecule has 2 heterocycles. The predicted molar refractivity (Wildman–Crippen MR) is 100 cm³/mol. The van der Waals surface area contributed by atoms with Gasteiger partial charge in [0.2, 0.25) is 0 Å². The SMILES string of the molecule is Cn1nc(C(=O)NCCN2CCOCC2)cc1C#Cc1cccc(Cl)c1. The average molecular weight is 373 g/mol. The maximum absolute atomic E-state index is 12.3. The topological polar surface area (TPSA) is 59.4 Å². The quantitative estimate of drug-likeness (QED) is 0.827. The fourth-order valence-electron chi connectivity index (χ4n) is 2.64. The predicted octanol–water partition coefficient (Wildman–Crippen LogP) is 1.54. The summed E-state index contributed by atoms with van der Waals surface area (Å²) in [5.74, 6) is 5.87. The zero-order chi connectivity index (χ0) is 18.4. The minimum atomic E-state index is -0.190. The Labute approximate surface area is 158 Å². The fourth-order valence-corrected chi connectivity index (χ4v) is 2.83. The molecule has 26 heavy (non-hydrogen) atoms. The summed E-state index contributed by atoms with van der Waals surface area (Å²) >= 11 is 5.96. The van der Waals surface area contributed by atoms with Crippen LogP contribution in [0.4, 0.5) is 0 Å². The molecular formula is C19H21ClN4O2. The number of rotatable bonds is 4. The fraction of sp³-hybridized carbons (Fsp3) is 0.368. The molecule has 1 aromatic carbocycles. The number of aromatic nitrogens is 2. The van der Waals surface area contributed by atoms with Crippen LogP contribution in [0.3, 0.4) is 0 Å². The maximum atomic E-state index is 12.3. The van der Waals surface area contributed by atoms with Crippen molar-refractivity contribution in [3.05, 3.63) is 52.3 Å². The van der Waals surface area contributed by atoms with Gasteiger partial charge in [-0.3, -0.25) is 14.4 Å². The van der Waals surface area contributed by atoms with E-state index in [0.29, 0.717) is 23.0 Å². The number of nitrogens with one attached hydrogen (secondary N) is 1. The molecule has 1 saturated heterocycles. The molecule has 0 bridgehead atoms. The van der Waals surface area contributed by atoms with Crippen LogP contribution in [0.25, 0.3) is 0 Å². The number of aryl methyl sites for hydroxylation is 1. The Kier molecular flexibility index (Phi) is 6.29. The first-order valence-electron chi connectivity index (χ1n) is 8.52. The van der Waals surface area contributed by atoms with Gasteiger partial charge in [0.1, 0.15) is 5.69 Å². The van der Waals surface area contributed by atoms with E-state index in [0.717, 1.165) is 38.4 Å². The minimum absolute atomic E-state index is 0.190. The molecule has 1 N–H and O–H groups in total. The van der Waals surface area contributed by atoms with Gasteiger partial charge in [-0.15, -0.1) is 0 Å². The molecule has 3 rings (SSSR count). The number of amides is 1. The lowest BCUT2D eigenvalue weighted by Crippen LogP contribution is -2.41. The third kappa shape index (κ3) is 5.09. The van der Waals surface area contributed by atoms with E-state index in [2.05, 4.69) is 27.2 Å². The van der Waals surface area contributed by atoms with Crippen molar-refractivity contribution in [2.24, 2.45) is 7.05 Å². The summed E-state index contributed by atoms with van der Waals surface area (Å²) in [7, 11) is 1.77. The Morgan fingerprint density at radius 3 is 2.88 bits per heavy atom. The molecule has 0 spiro atoms. The van der Waals surface area contributed by atoms with Crippen LogP contribution in [-0.2, 0) is 11.8 Å². The summed E-state index contributed by atoms with van der Waals surface area (Å²) < 4.78 is 6.92. The number of carbonyl (C=O) groups is 1. The van der Waals surface area contributed by atoms with E-state index in [9.17, 15) is 4.79 Å². The second-order valence-corrected chi connectivity index (χ2v) is 6.45. The molecule has 0 aliphatic carbocycles. The van der Waals surface area contributed by atoms with Crippen molar-refractivity contribution >= 4 is 17.5 Å². The molecule has 1 aliphatic rings. The zero-order valence-corrected chi connectivity index (χ0v) is 15.4. The molecule has 136 valence electrons. The minimum Gasteiger partial charge on any atom is -0.379 e. The van der Waals surface area contributed by atoms with Crippen LogP contribution >= 0.6 is 11.6 Å². The molecule has 2 aromatic rings. The van der Waals surface area contributed by atoms with Crippen molar-refractivity contribution < 1.29 is 9.53 Å². The lowest BCUT2D eigenvalue weighted by molar-refractivity contribution is 0.0383. The molecular weight excluding hydrogens is 352 g/mol. The highest BCUT2D eigenvalue weighted by Gasteiger charge is 2.13. The third-order valence-electron chi connectivity index (χ3n) is 4.09. The van der Waals surface area contributed by atoms with Gasteiger partial charge in [-0.1, -0.05) is 23.6 Å². The molecule has 1 aliphatic heterocycles. The Morgan fingerprint density at radius 2 is 2.12 bits per heavy atom. The Hall–Kier alpha value is -2.33. The first-order chi connectivity index (χ1) is 12.6. The normalized spacial score (nSPS) is 14.5. The van der Waals surface area contributed by atoms with Gasteiger partial charge in [-0.2, -0.15) is 5.10 Å². The van der Waals surface area contributed by atoms with Crippen molar-refractivity contribution in [2.45, 2.75) is 0 Å². The van der Waals surface area contributed by atoms with E-state index in [1.54, 1.807) is 29.9 Å². The van der Waals surface area contributed by atoms with Gasteiger partial charge in [0.25, 0.3) is 5.91 Å². The summed E-state index contributed by atoms with van der Waals surface area (Å²) in [5.41, 5.74) is 1.85. The van der Waals surface area contributed by atoms with Crippen LogP contribution in [0.1, 0.15) is 21.7 Å². The highest BCUT2D eigenvalue weighted by molar-refractivity contribution is 6.30. The smallest absolute Gasteiger partial charge is 0.271 e. The van der Waals surface area contributed by atoms with Gasteiger partial charge in [-0.25, -0.2) is 0 Å². The van der Waals surface area contributed by atoms with Crippen LogP contribution in [0.2, 0.25) is 5.02 Å². The van der Waals surface area contributed by atoms with Crippen LogP contribution in [0, 0.1) is 11.8 Å². The van der Waals surface area contributed by atoms with Gasteiger partial charge in [-0.05, 0) is 24.1 Å². The monoisotopic (exact) mass is 372 g/mol. The van der Waals surface area contributed by atoms with Crippen molar-refractivity contribution in [3.8, 4) is 11.8 Å². The molecule has 0 atom stereocenters. The lowest BCUT2D eigenvalue weighted by Gasteiger charge is -2.26. The maximum Gasteiger partial charge on any atom is 0.271 e. The molecule has 0 unspecified atom stereocenters. The number of morpholine rings is 1. The van der Waals surface area contributed by atoms with E-state index in [1.165, 1.54) is 0 Å². The zero-order valence-electron chi connectivity index (χ0n) is 14.7. The second-order valence-electron chi connectivity index (χ2n) is 6.01. The van der Waals surface area contributed by atoms with E-state index < -0.39 is 0 Å². The van der Waals surface area contributed by atoms with E-state index in [1.807, 2.05) is 12.1 Å².